The molecule has 1 saturated heterocycles. The zero-order chi connectivity index (χ0) is 14.7. The minimum Gasteiger partial charge on any atom is -0.388 e. The number of aromatic nitrogens is 1. The normalized spacial score (nSPS) is 33.7. The van der Waals surface area contributed by atoms with Gasteiger partial charge in [0.15, 0.2) is 6.23 Å². The van der Waals surface area contributed by atoms with Crippen LogP contribution >= 0.6 is 0 Å². The second-order valence-electron chi connectivity index (χ2n) is 4.57. The van der Waals surface area contributed by atoms with Gasteiger partial charge in [-0.25, -0.2) is 5.43 Å². The Kier molecular flexibility index (Phi) is 4.63. The summed E-state index contributed by atoms with van der Waals surface area (Å²) >= 11 is 0. The Hall–Kier alpha value is -1.58. The van der Waals surface area contributed by atoms with Crippen LogP contribution in [0.15, 0.2) is 24.5 Å². The number of nitrogens with one attached hydrogen (secondary N) is 2. The summed E-state index contributed by atoms with van der Waals surface area (Å²) in [6.07, 6.45) is -2.64. The number of aliphatic hydroxyl groups is 3. The molecule has 5 N–H and O–H groups in total. The largest absolute Gasteiger partial charge is 0.388 e. The van der Waals surface area contributed by atoms with Crippen LogP contribution in [0, 0.1) is 0 Å². The molecule has 0 aliphatic carbocycles. The molecule has 8 heteroatoms. The van der Waals surface area contributed by atoms with Gasteiger partial charge < -0.3 is 20.1 Å². The van der Waals surface area contributed by atoms with Crippen molar-refractivity contribution in [3.63, 3.8) is 0 Å². The predicted molar refractivity (Wildman–Crippen MR) is 67.2 cm³/mol. The van der Waals surface area contributed by atoms with Gasteiger partial charge in [-0.1, -0.05) is 0 Å². The summed E-state index contributed by atoms with van der Waals surface area (Å²) in [6.45, 7) is 1.55. The molecule has 1 fully saturated rings. The molecule has 8 nitrogen and oxygen atoms in total. The van der Waals surface area contributed by atoms with Crippen LogP contribution in [0.4, 0.5) is 0 Å². The van der Waals surface area contributed by atoms with E-state index in [1.807, 2.05) is 0 Å². The number of carbonyl (C=O) groups is 1. The third-order valence-corrected chi connectivity index (χ3v) is 3.12. The first-order chi connectivity index (χ1) is 9.50. The Labute approximate surface area is 115 Å². The van der Waals surface area contributed by atoms with Crippen LogP contribution in [-0.4, -0.2) is 56.9 Å². The van der Waals surface area contributed by atoms with E-state index in [2.05, 4.69) is 15.8 Å². The number of amides is 1. The first kappa shape index (κ1) is 14.8. The van der Waals surface area contributed by atoms with E-state index < -0.39 is 36.6 Å². The minimum atomic E-state index is -1.36. The second-order valence-corrected chi connectivity index (χ2v) is 4.57. The number of nitrogens with zero attached hydrogens (tertiary/aromatic N) is 1. The molecule has 5 atom stereocenters. The number of rotatable bonds is 3. The number of ether oxygens (including phenoxy) is 1. The van der Waals surface area contributed by atoms with E-state index >= 15 is 0 Å². The van der Waals surface area contributed by atoms with Gasteiger partial charge in [0.25, 0.3) is 5.91 Å². The average molecular weight is 283 g/mol. The summed E-state index contributed by atoms with van der Waals surface area (Å²) < 4.78 is 5.27. The van der Waals surface area contributed by atoms with Crippen LogP contribution in [-0.2, 0) is 4.74 Å². The van der Waals surface area contributed by atoms with E-state index in [-0.39, 0.29) is 0 Å². The molecule has 0 spiro atoms. The number of carbonyl (C=O) groups excluding carboxylic acids is 1. The van der Waals surface area contributed by atoms with Gasteiger partial charge in [0.1, 0.15) is 18.3 Å². The zero-order valence-electron chi connectivity index (χ0n) is 10.8. The number of pyridine rings is 1. The van der Waals surface area contributed by atoms with Gasteiger partial charge in [-0.3, -0.25) is 15.2 Å². The Balaban J connectivity index is 1.92. The summed E-state index contributed by atoms with van der Waals surface area (Å²) in [6, 6.07) is 3.05. The maximum absolute atomic E-state index is 11.8. The van der Waals surface area contributed by atoms with Crippen LogP contribution in [0.2, 0.25) is 0 Å². The van der Waals surface area contributed by atoms with Crippen molar-refractivity contribution in [3.05, 3.63) is 30.1 Å². The van der Waals surface area contributed by atoms with Crippen molar-refractivity contribution in [3.8, 4) is 0 Å². The molecule has 0 unspecified atom stereocenters. The summed E-state index contributed by atoms with van der Waals surface area (Å²) in [4.78, 5) is 15.6. The fraction of sp³-hybridized carbons (Fsp3) is 0.500. The highest BCUT2D eigenvalue weighted by Crippen LogP contribution is 2.18. The molecule has 2 rings (SSSR count). The lowest BCUT2D eigenvalue weighted by molar-refractivity contribution is -0.226. The van der Waals surface area contributed by atoms with E-state index in [1.165, 1.54) is 24.5 Å². The molecule has 1 amide bonds. The topological polar surface area (TPSA) is 124 Å². The molecule has 1 aromatic rings. The van der Waals surface area contributed by atoms with Crippen molar-refractivity contribution in [1.82, 2.24) is 15.8 Å². The number of aliphatic hydroxyl groups excluding tert-OH is 3. The van der Waals surface area contributed by atoms with Crippen molar-refractivity contribution >= 4 is 5.91 Å². The van der Waals surface area contributed by atoms with Gasteiger partial charge in [0.05, 0.1) is 6.10 Å². The summed E-state index contributed by atoms with van der Waals surface area (Å²) in [7, 11) is 0. The molecule has 0 bridgehead atoms. The average Bonchev–Trinajstić information content (AvgIpc) is 2.48. The molecule has 20 heavy (non-hydrogen) atoms. The van der Waals surface area contributed by atoms with Crippen LogP contribution in [0.3, 0.4) is 0 Å². The fourth-order valence-corrected chi connectivity index (χ4v) is 1.88. The van der Waals surface area contributed by atoms with Crippen molar-refractivity contribution in [2.75, 3.05) is 0 Å². The highest BCUT2D eigenvalue weighted by atomic mass is 16.5. The highest BCUT2D eigenvalue weighted by molar-refractivity contribution is 5.93. The van der Waals surface area contributed by atoms with Crippen LogP contribution in [0.25, 0.3) is 0 Å². The van der Waals surface area contributed by atoms with E-state index in [0.717, 1.165) is 0 Å². The van der Waals surface area contributed by atoms with Crippen molar-refractivity contribution in [2.24, 2.45) is 0 Å². The standard InChI is InChI=1S/C12H17N3O5/c1-6-8(16)9(17)10(18)12(20-6)15-14-11(19)7-2-4-13-5-3-7/h2-6,8-10,12,15-18H,1H3,(H,14,19)/t6-,8-,9-,10-,12+/m0/s1. The van der Waals surface area contributed by atoms with Crippen molar-refractivity contribution in [1.29, 1.82) is 0 Å². The first-order valence-corrected chi connectivity index (χ1v) is 6.16. The molecule has 0 aromatic carbocycles. The third-order valence-electron chi connectivity index (χ3n) is 3.12. The van der Waals surface area contributed by atoms with Gasteiger partial charge in [-0.05, 0) is 19.1 Å². The van der Waals surface area contributed by atoms with Crippen LogP contribution in [0.5, 0.6) is 0 Å². The van der Waals surface area contributed by atoms with E-state index in [0.29, 0.717) is 5.56 Å². The van der Waals surface area contributed by atoms with Gasteiger partial charge in [-0.15, -0.1) is 0 Å². The Morgan fingerprint density at radius 3 is 2.50 bits per heavy atom. The molecular weight excluding hydrogens is 266 g/mol. The first-order valence-electron chi connectivity index (χ1n) is 6.16. The van der Waals surface area contributed by atoms with Crippen molar-refractivity contribution < 1.29 is 24.9 Å². The quantitative estimate of drug-likeness (QED) is 0.412. The van der Waals surface area contributed by atoms with Gasteiger partial charge >= 0.3 is 0 Å². The fourth-order valence-electron chi connectivity index (χ4n) is 1.88. The maximum Gasteiger partial charge on any atom is 0.265 e. The zero-order valence-corrected chi connectivity index (χ0v) is 10.8. The molecular formula is C12H17N3O5. The Morgan fingerprint density at radius 2 is 1.85 bits per heavy atom. The molecule has 1 aliphatic rings. The summed E-state index contributed by atoms with van der Waals surface area (Å²) in [5, 5.41) is 28.9. The lowest BCUT2D eigenvalue weighted by atomic mass is 9.99. The number of hydrogen-bond acceptors (Lipinski definition) is 7. The van der Waals surface area contributed by atoms with Crippen LogP contribution < -0.4 is 10.9 Å². The smallest absolute Gasteiger partial charge is 0.265 e. The molecule has 1 aliphatic heterocycles. The lowest BCUT2D eigenvalue weighted by Gasteiger charge is -2.39. The third kappa shape index (κ3) is 3.11. The predicted octanol–water partition coefficient (Wildman–Crippen LogP) is -1.86. The summed E-state index contributed by atoms with van der Waals surface area (Å²) in [5.41, 5.74) is 5.23. The van der Waals surface area contributed by atoms with Gasteiger partial charge in [0.2, 0.25) is 0 Å². The summed E-state index contributed by atoms with van der Waals surface area (Å²) in [5.74, 6) is -0.434. The minimum absolute atomic E-state index is 0.381. The Bertz CT molecular complexity index is 458. The van der Waals surface area contributed by atoms with Gasteiger partial charge in [-0.2, -0.15) is 0 Å². The second kappa shape index (κ2) is 6.25. The molecule has 1 aromatic heterocycles. The molecule has 110 valence electrons. The molecule has 0 radical (unpaired) electrons. The van der Waals surface area contributed by atoms with Gasteiger partial charge in [0, 0.05) is 18.0 Å². The molecule has 2 heterocycles. The van der Waals surface area contributed by atoms with Crippen LogP contribution in [0.1, 0.15) is 17.3 Å². The SMILES string of the molecule is C[C@@H]1O[C@@H](NNC(=O)c2ccncc2)[C@@H](O)[C@@H](O)[C@H]1O. The Morgan fingerprint density at radius 1 is 1.20 bits per heavy atom. The van der Waals surface area contributed by atoms with E-state index in [4.69, 9.17) is 4.74 Å². The monoisotopic (exact) mass is 283 g/mol. The maximum atomic E-state index is 11.8. The van der Waals surface area contributed by atoms with E-state index in [1.54, 1.807) is 6.92 Å². The number of hydrazine groups is 1. The number of hydrogen-bond donors (Lipinski definition) is 5. The highest BCUT2D eigenvalue weighted by Gasteiger charge is 2.41. The van der Waals surface area contributed by atoms with E-state index in [9.17, 15) is 20.1 Å². The molecule has 0 saturated carbocycles. The van der Waals surface area contributed by atoms with Crippen molar-refractivity contribution in [2.45, 2.75) is 37.6 Å². The lowest BCUT2D eigenvalue weighted by Crippen LogP contribution is -2.63.